The smallest absolute Gasteiger partial charge is 0.330 e. The Morgan fingerprint density at radius 1 is 1.04 bits per heavy atom. The van der Waals surface area contributed by atoms with E-state index >= 15 is 0 Å². The van der Waals surface area contributed by atoms with E-state index in [0.29, 0.717) is 46.5 Å². The first-order valence-corrected chi connectivity index (χ1v) is 17.8. The highest BCUT2D eigenvalue weighted by atomic mass is 35.5. The van der Waals surface area contributed by atoms with Crippen molar-refractivity contribution in [2.45, 2.75) is 25.8 Å². The number of rotatable bonds is 8. The predicted molar refractivity (Wildman–Crippen MR) is 185 cm³/mol. The summed E-state index contributed by atoms with van der Waals surface area (Å²) in [4.78, 5) is 57.2. The molecule has 0 spiro atoms. The molecule has 2 aromatic heterocycles. The zero-order valence-corrected chi connectivity index (χ0v) is 29.1. The third kappa shape index (κ3) is 6.38. The monoisotopic (exact) mass is 706 g/mol. The zero-order chi connectivity index (χ0) is 35.4. The molecule has 1 aliphatic heterocycles. The molecule has 3 heterocycles. The lowest BCUT2D eigenvalue weighted by atomic mass is 9.94. The maximum absolute atomic E-state index is 13.2. The highest BCUT2D eigenvalue weighted by Crippen LogP contribution is 2.46. The number of pyridine rings is 1. The number of nitrogens with zero attached hydrogens (tertiary/aromatic N) is 4. The number of nitrogens with one attached hydrogen (secondary N) is 2. The van der Waals surface area contributed by atoms with Gasteiger partial charge >= 0.3 is 5.69 Å². The van der Waals surface area contributed by atoms with Crippen LogP contribution in [0.1, 0.15) is 39.5 Å². The topological polar surface area (TPSA) is 162 Å². The Morgan fingerprint density at radius 2 is 1.71 bits per heavy atom. The summed E-state index contributed by atoms with van der Waals surface area (Å²) in [5.41, 5.74) is 4.60. The van der Waals surface area contributed by atoms with Gasteiger partial charge in [-0.3, -0.25) is 28.6 Å². The Hall–Kier alpha value is -4.79. The van der Waals surface area contributed by atoms with E-state index in [9.17, 15) is 27.6 Å². The Morgan fingerprint density at radius 3 is 2.41 bits per heavy atom. The standard InChI is InChI=1S/C34H35ClN6O7S/c1-18-21(8-7-11-25(18)36-31(43)24-17-39(2)34(45)40(3)33(24)44)22-9-6-10-23(29(22)35)26-14-19-12-13-27(28(19)32(37-26)48-4)41-15-20(16-41)30(42)38-49(5,46)47/h6-11,14,17,20,27H,12-13,15-16H2,1-5H3,(H,36,43)(H,38,42). The number of aryl methyl sites for hydroxylation is 2. The molecule has 4 aromatic rings. The number of anilines is 1. The van der Waals surface area contributed by atoms with E-state index in [4.69, 9.17) is 21.3 Å². The first-order valence-electron chi connectivity index (χ1n) is 15.5. The highest BCUT2D eigenvalue weighted by Gasteiger charge is 2.42. The summed E-state index contributed by atoms with van der Waals surface area (Å²) >= 11 is 7.09. The molecule has 0 bridgehead atoms. The number of likely N-dealkylation sites (tertiary alicyclic amines) is 1. The van der Waals surface area contributed by atoms with E-state index in [1.54, 1.807) is 19.2 Å². The summed E-state index contributed by atoms with van der Waals surface area (Å²) in [7, 11) is 0.734. The number of hydrogen-bond donors (Lipinski definition) is 2. The van der Waals surface area contributed by atoms with Crippen LogP contribution in [0.25, 0.3) is 22.4 Å². The highest BCUT2D eigenvalue weighted by molar-refractivity contribution is 7.89. The van der Waals surface area contributed by atoms with Crippen LogP contribution in [0.2, 0.25) is 5.02 Å². The molecule has 1 fully saturated rings. The Kier molecular flexibility index (Phi) is 8.98. The van der Waals surface area contributed by atoms with Crippen molar-refractivity contribution in [1.82, 2.24) is 23.7 Å². The van der Waals surface area contributed by atoms with Crippen LogP contribution in [0.3, 0.4) is 0 Å². The van der Waals surface area contributed by atoms with Crippen LogP contribution in [0.15, 0.2) is 58.3 Å². The average Bonchev–Trinajstić information content (AvgIpc) is 3.44. The minimum absolute atomic E-state index is 0.0165. The number of fused-ring (bicyclic) bond motifs is 1. The van der Waals surface area contributed by atoms with Crippen LogP contribution in [0.5, 0.6) is 5.88 Å². The summed E-state index contributed by atoms with van der Waals surface area (Å²) in [5, 5.41) is 3.26. The van der Waals surface area contributed by atoms with E-state index in [2.05, 4.69) is 14.9 Å². The molecular weight excluding hydrogens is 672 g/mol. The number of carbonyl (C=O) groups excluding carboxylic acids is 2. The second-order valence-electron chi connectivity index (χ2n) is 12.4. The molecule has 6 rings (SSSR count). The summed E-state index contributed by atoms with van der Waals surface area (Å²) in [6.07, 6.45) is 3.75. The van der Waals surface area contributed by atoms with Gasteiger partial charge in [-0.2, -0.15) is 0 Å². The molecule has 15 heteroatoms. The molecule has 0 radical (unpaired) electrons. The van der Waals surface area contributed by atoms with Gasteiger partial charge in [0.2, 0.25) is 21.8 Å². The van der Waals surface area contributed by atoms with Crippen LogP contribution >= 0.6 is 11.6 Å². The number of hydrogen-bond acceptors (Lipinski definition) is 9. The molecule has 13 nitrogen and oxygen atoms in total. The SMILES string of the molecule is COc1nc(-c2cccc(-c3cccc(NC(=O)c4cn(C)c(=O)n(C)c4=O)c3C)c2Cl)cc2c1C(N1CC(C(=O)NS(C)(=O)=O)C1)CC2. The van der Waals surface area contributed by atoms with Gasteiger partial charge in [-0.15, -0.1) is 0 Å². The molecule has 1 atom stereocenters. The molecule has 1 saturated heterocycles. The van der Waals surface area contributed by atoms with Gasteiger partial charge in [0, 0.05) is 61.8 Å². The van der Waals surface area contributed by atoms with Crippen molar-refractivity contribution in [3.05, 3.63) is 96.8 Å². The lowest BCUT2D eigenvalue weighted by Crippen LogP contribution is -2.55. The molecule has 256 valence electrons. The van der Waals surface area contributed by atoms with Gasteiger partial charge in [-0.25, -0.2) is 18.2 Å². The number of ether oxygens (including phenoxy) is 1. The van der Waals surface area contributed by atoms with Crippen LogP contribution < -0.4 is 26.0 Å². The second kappa shape index (κ2) is 12.9. The first kappa shape index (κ1) is 34.1. The number of methoxy groups -OCH3 is 1. The van der Waals surface area contributed by atoms with Gasteiger partial charge in [0.15, 0.2) is 0 Å². The molecule has 2 aliphatic rings. The van der Waals surface area contributed by atoms with Crippen molar-refractivity contribution < 1.29 is 22.7 Å². The predicted octanol–water partition coefficient (Wildman–Crippen LogP) is 3.03. The number of sulfonamides is 1. The van der Waals surface area contributed by atoms with Crippen molar-refractivity contribution in [3.63, 3.8) is 0 Å². The third-order valence-corrected chi connectivity index (χ3v) is 10.1. The fourth-order valence-electron chi connectivity index (χ4n) is 6.59. The summed E-state index contributed by atoms with van der Waals surface area (Å²) in [6, 6.07) is 13.0. The number of aromatic nitrogens is 3. The van der Waals surface area contributed by atoms with E-state index in [1.807, 2.05) is 37.3 Å². The molecule has 2 aromatic carbocycles. The van der Waals surface area contributed by atoms with Crippen LogP contribution in [-0.4, -0.2) is 65.7 Å². The third-order valence-electron chi connectivity index (χ3n) is 9.17. The number of carbonyl (C=O) groups is 2. The lowest BCUT2D eigenvalue weighted by molar-refractivity contribution is -0.129. The van der Waals surface area contributed by atoms with Gasteiger partial charge in [0.1, 0.15) is 5.56 Å². The number of benzene rings is 2. The maximum Gasteiger partial charge on any atom is 0.330 e. The first-order chi connectivity index (χ1) is 23.2. The molecule has 49 heavy (non-hydrogen) atoms. The van der Waals surface area contributed by atoms with E-state index < -0.39 is 39.0 Å². The summed E-state index contributed by atoms with van der Waals surface area (Å²) < 4.78 is 32.9. The Labute approximate surface area is 287 Å². The van der Waals surface area contributed by atoms with Crippen molar-refractivity contribution in [3.8, 4) is 28.3 Å². The van der Waals surface area contributed by atoms with Crippen LogP contribution in [0, 0.1) is 12.8 Å². The fraction of sp³-hybridized carbons (Fsp3) is 0.324. The molecule has 2 amide bonds. The normalized spacial score (nSPS) is 16.2. The number of halogens is 1. The van der Waals surface area contributed by atoms with Gasteiger partial charge in [0.25, 0.3) is 11.5 Å². The summed E-state index contributed by atoms with van der Waals surface area (Å²) in [6.45, 7) is 2.71. The van der Waals surface area contributed by atoms with Crippen LogP contribution in [0.4, 0.5) is 5.69 Å². The minimum atomic E-state index is -3.62. The molecular formula is C34H35ClN6O7S. The van der Waals surface area contributed by atoms with Crippen LogP contribution in [-0.2, 0) is 35.3 Å². The molecule has 1 aliphatic carbocycles. The molecule has 1 unspecified atom stereocenters. The quantitative estimate of drug-likeness (QED) is 0.281. The second-order valence-corrected chi connectivity index (χ2v) is 14.6. The van der Waals surface area contributed by atoms with Gasteiger partial charge in [0.05, 0.1) is 30.0 Å². The maximum atomic E-state index is 13.2. The van der Waals surface area contributed by atoms with Crippen molar-refractivity contribution in [1.29, 1.82) is 0 Å². The van der Waals surface area contributed by atoms with E-state index in [0.717, 1.165) is 45.9 Å². The molecule has 0 saturated carbocycles. The molecule has 2 N–H and O–H groups in total. The zero-order valence-electron chi connectivity index (χ0n) is 27.5. The Balaban J connectivity index is 1.27. The Bertz CT molecular complexity index is 2260. The van der Waals surface area contributed by atoms with E-state index in [1.165, 1.54) is 24.9 Å². The lowest BCUT2D eigenvalue weighted by Gasteiger charge is -2.42. The van der Waals surface area contributed by atoms with Crippen molar-refractivity contribution in [2.24, 2.45) is 20.0 Å². The summed E-state index contributed by atoms with van der Waals surface area (Å²) in [5.74, 6) is -1.08. The van der Waals surface area contributed by atoms with Gasteiger partial charge in [-0.1, -0.05) is 41.9 Å². The van der Waals surface area contributed by atoms with Crippen molar-refractivity contribution >= 4 is 39.1 Å². The van der Waals surface area contributed by atoms with Crippen molar-refractivity contribution in [2.75, 3.05) is 31.8 Å². The number of amides is 2. The van der Waals surface area contributed by atoms with Gasteiger partial charge < -0.3 is 14.6 Å². The minimum Gasteiger partial charge on any atom is -0.481 e. The fourth-order valence-corrected chi connectivity index (χ4v) is 7.45. The largest absolute Gasteiger partial charge is 0.481 e. The average molecular weight is 707 g/mol. The van der Waals surface area contributed by atoms with E-state index in [-0.39, 0.29) is 11.6 Å². The van der Waals surface area contributed by atoms with Gasteiger partial charge in [-0.05, 0) is 48.6 Å².